The predicted octanol–water partition coefficient (Wildman–Crippen LogP) is 7.09. The zero-order valence-corrected chi connectivity index (χ0v) is 23.3. The predicted molar refractivity (Wildman–Crippen MR) is 153 cm³/mol. The van der Waals surface area contributed by atoms with E-state index in [4.69, 9.17) is 28.4 Å². The first-order chi connectivity index (χ1) is 19.1. The Bertz CT molecular complexity index is 1360. The van der Waals surface area contributed by atoms with Crippen molar-refractivity contribution in [3.63, 3.8) is 0 Å². The topological polar surface area (TPSA) is 55.4 Å². The number of rotatable bonds is 13. The molecule has 0 N–H and O–H groups in total. The van der Waals surface area contributed by atoms with Gasteiger partial charge < -0.3 is 28.4 Å². The minimum atomic E-state index is 0.682. The van der Waals surface area contributed by atoms with Gasteiger partial charge in [0.15, 0.2) is 34.5 Å². The van der Waals surface area contributed by atoms with Crippen molar-refractivity contribution in [1.82, 2.24) is 0 Å². The normalized spacial score (nSPS) is 10.6. The van der Waals surface area contributed by atoms with Crippen molar-refractivity contribution in [2.24, 2.45) is 0 Å². The average Bonchev–Trinajstić information content (AvgIpc) is 2.99. The van der Waals surface area contributed by atoms with Crippen molar-refractivity contribution in [1.29, 1.82) is 0 Å². The Balaban J connectivity index is 1.43. The van der Waals surface area contributed by atoms with E-state index >= 15 is 0 Å². The molecule has 0 unspecified atom stereocenters. The van der Waals surface area contributed by atoms with Gasteiger partial charge in [-0.2, -0.15) is 0 Å². The van der Waals surface area contributed by atoms with Crippen LogP contribution in [0.1, 0.15) is 22.3 Å². The van der Waals surface area contributed by atoms with E-state index in [0.717, 1.165) is 71.1 Å². The third kappa shape index (κ3) is 6.77. The first kappa shape index (κ1) is 27.7. The summed E-state index contributed by atoms with van der Waals surface area (Å²) in [4.78, 5) is 0. The fraction of sp³-hybridized carbons (Fsp3) is 0.273. The van der Waals surface area contributed by atoms with Gasteiger partial charge in [0.25, 0.3) is 0 Å². The molecule has 4 aromatic carbocycles. The average molecular weight is 529 g/mol. The zero-order valence-electron chi connectivity index (χ0n) is 23.3. The molecule has 0 aliphatic carbocycles. The lowest BCUT2D eigenvalue weighted by Gasteiger charge is -2.14. The number of para-hydroxylation sites is 2. The van der Waals surface area contributed by atoms with Gasteiger partial charge in [-0.1, -0.05) is 42.5 Å². The molecule has 204 valence electrons. The number of methoxy groups -OCH3 is 5. The Morgan fingerprint density at radius 3 is 1.46 bits per heavy atom. The molecule has 6 nitrogen and oxygen atoms in total. The van der Waals surface area contributed by atoms with Crippen molar-refractivity contribution in [3.05, 3.63) is 101 Å². The highest BCUT2D eigenvalue weighted by atomic mass is 16.5. The summed E-state index contributed by atoms with van der Waals surface area (Å²) in [5, 5.41) is 0. The highest BCUT2D eigenvalue weighted by molar-refractivity contribution is 5.49. The van der Waals surface area contributed by atoms with Gasteiger partial charge in [-0.05, 0) is 84.3 Å². The lowest BCUT2D eigenvalue weighted by atomic mass is 10.0. The molecule has 0 saturated heterocycles. The van der Waals surface area contributed by atoms with E-state index in [-0.39, 0.29) is 0 Å². The zero-order chi connectivity index (χ0) is 27.6. The lowest BCUT2D eigenvalue weighted by Crippen LogP contribution is -1.99. The van der Waals surface area contributed by atoms with Crippen LogP contribution in [0.2, 0.25) is 0 Å². The van der Waals surface area contributed by atoms with Gasteiger partial charge in [0.05, 0.1) is 35.5 Å². The number of aryl methyl sites for hydroxylation is 4. The number of ether oxygens (including phenoxy) is 6. The third-order valence-electron chi connectivity index (χ3n) is 6.71. The van der Waals surface area contributed by atoms with Gasteiger partial charge in [0.2, 0.25) is 0 Å². The molecule has 0 bridgehead atoms. The molecule has 0 aliphatic rings. The minimum absolute atomic E-state index is 0.682. The maximum Gasteiger partial charge on any atom is 0.169 e. The Hall–Kier alpha value is -4.32. The monoisotopic (exact) mass is 528 g/mol. The van der Waals surface area contributed by atoms with E-state index in [1.807, 2.05) is 48.5 Å². The van der Waals surface area contributed by atoms with Crippen LogP contribution < -0.4 is 28.4 Å². The van der Waals surface area contributed by atoms with Crippen molar-refractivity contribution in [2.75, 3.05) is 35.5 Å². The summed E-state index contributed by atoms with van der Waals surface area (Å²) >= 11 is 0. The van der Waals surface area contributed by atoms with Gasteiger partial charge in [-0.3, -0.25) is 0 Å². The van der Waals surface area contributed by atoms with E-state index in [1.54, 1.807) is 35.5 Å². The fourth-order valence-corrected chi connectivity index (χ4v) is 4.67. The van der Waals surface area contributed by atoms with E-state index in [9.17, 15) is 0 Å². The molecule has 0 saturated carbocycles. The highest BCUT2D eigenvalue weighted by Gasteiger charge is 2.13. The second-order valence-corrected chi connectivity index (χ2v) is 9.04. The maximum absolute atomic E-state index is 6.25. The van der Waals surface area contributed by atoms with Gasteiger partial charge in [0.1, 0.15) is 5.75 Å². The molecule has 0 amide bonds. The van der Waals surface area contributed by atoms with Gasteiger partial charge in [-0.15, -0.1) is 0 Å². The summed E-state index contributed by atoms with van der Waals surface area (Å²) in [5.74, 6) is 5.17. The van der Waals surface area contributed by atoms with Crippen molar-refractivity contribution in [2.45, 2.75) is 25.7 Å². The molecule has 0 spiro atoms. The van der Waals surface area contributed by atoms with Gasteiger partial charge in [-0.25, -0.2) is 0 Å². The van der Waals surface area contributed by atoms with E-state index in [2.05, 4.69) is 30.3 Å². The first-order valence-corrected chi connectivity index (χ1v) is 12.9. The van der Waals surface area contributed by atoms with Crippen LogP contribution in [-0.4, -0.2) is 35.5 Å². The molecule has 0 heterocycles. The molecule has 0 atom stereocenters. The molecule has 4 rings (SSSR count). The van der Waals surface area contributed by atoms with Crippen LogP contribution in [0.3, 0.4) is 0 Å². The summed E-state index contributed by atoms with van der Waals surface area (Å²) < 4.78 is 33.8. The van der Waals surface area contributed by atoms with Crippen LogP contribution in [0.5, 0.6) is 40.2 Å². The summed E-state index contributed by atoms with van der Waals surface area (Å²) in [6.07, 6.45) is 3.33. The summed E-state index contributed by atoms with van der Waals surface area (Å²) in [5.41, 5.74) is 4.56. The minimum Gasteiger partial charge on any atom is -0.493 e. The molecular formula is C33H36O6. The Morgan fingerprint density at radius 1 is 0.436 bits per heavy atom. The Labute approximate surface area is 231 Å². The molecule has 6 heteroatoms. The van der Waals surface area contributed by atoms with Crippen molar-refractivity contribution >= 4 is 0 Å². The van der Waals surface area contributed by atoms with Crippen molar-refractivity contribution < 1.29 is 28.4 Å². The lowest BCUT2D eigenvalue weighted by molar-refractivity contribution is 0.351. The van der Waals surface area contributed by atoms with Gasteiger partial charge in [0, 0.05) is 0 Å². The summed E-state index contributed by atoms with van der Waals surface area (Å²) in [6, 6.07) is 26.1. The molecule has 0 aliphatic heterocycles. The number of benzene rings is 4. The molecule has 0 fully saturated rings. The standard InChI is InChI=1S/C33H36O6/c1-34-28-21-16-24(13-18-26-9-7-11-30(36-3)33(26)38-5)22-31(28)39-27-19-14-23(15-20-27)12-17-25-8-6-10-29(35-2)32(25)37-4/h6-11,14-16,19-22H,12-13,17-18H2,1-5H3. The highest BCUT2D eigenvalue weighted by Crippen LogP contribution is 2.35. The van der Waals surface area contributed by atoms with E-state index < -0.39 is 0 Å². The van der Waals surface area contributed by atoms with E-state index in [1.165, 1.54) is 5.56 Å². The van der Waals surface area contributed by atoms with Gasteiger partial charge >= 0.3 is 0 Å². The second-order valence-electron chi connectivity index (χ2n) is 9.04. The third-order valence-corrected chi connectivity index (χ3v) is 6.71. The largest absolute Gasteiger partial charge is 0.493 e. The molecule has 0 radical (unpaired) electrons. The molecule has 0 aromatic heterocycles. The van der Waals surface area contributed by atoms with Crippen LogP contribution in [-0.2, 0) is 25.7 Å². The molecular weight excluding hydrogens is 492 g/mol. The van der Waals surface area contributed by atoms with E-state index in [0.29, 0.717) is 11.5 Å². The second kappa shape index (κ2) is 13.5. The summed E-state index contributed by atoms with van der Waals surface area (Å²) in [6.45, 7) is 0. The number of hydrogen-bond donors (Lipinski definition) is 0. The van der Waals surface area contributed by atoms with Crippen LogP contribution in [0, 0.1) is 0 Å². The Kier molecular flexibility index (Phi) is 9.57. The number of hydrogen-bond acceptors (Lipinski definition) is 6. The van der Waals surface area contributed by atoms with Crippen LogP contribution >= 0.6 is 0 Å². The van der Waals surface area contributed by atoms with Crippen LogP contribution in [0.15, 0.2) is 78.9 Å². The quantitative estimate of drug-likeness (QED) is 0.185. The SMILES string of the molecule is COc1ccc(CCc2cccc(OC)c2OC)cc1Oc1ccc(CCc2cccc(OC)c2OC)cc1. The smallest absolute Gasteiger partial charge is 0.169 e. The molecule has 39 heavy (non-hydrogen) atoms. The van der Waals surface area contributed by atoms with Crippen LogP contribution in [0.4, 0.5) is 0 Å². The first-order valence-electron chi connectivity index (χ1n) is 12.9. The summed E-state index contributed by atoms with van der Waals surface area (Å²) in [7, 11) is 8.30. The maximum atomic E-state index is 6.25. The van der Waals surface area contributed by atoms with Crippen LogP contribution in [0.25, 0.3) is 0 Å². The fourth-order valence-electron chi connectivity index (χ4n) is 4.67. The molecule has 4 aromatic rings. The van der Waals surface area contributed by atoms with Crippen molar-refractivity contribution in [3.8, 4) is 40.2 Å². The Morgan fingerprint density at radius 2 is 0.949 bits per heavy atom.